The van der Waals surface area contributed by atoms with Crippen LogP contribution in [-0.2, 0) is 11.2 Å². The molecule has 0 unspecified atom stereocenters. The summed E-state index contributed by atoms with van der Waals surface area (Å²) >= 11 is 6.34. The molecule has 0 aliphatic carbocycles. The molecule has 0 amide bonds. The number of nitrogens with one attached hydrogen (secondary N) is 1. The van der Waals surface area contributed by atoms with Crippen molar-refractivity contribution in [3.05, 3.63) is 64.2 Å². The Bertz CT molecular complexity index is 1210. The molecule has 2 aliphatic heterocycles. The minimum absolute atomic E-state index is 0.0423. The molecule has 3 aromatic rings. The maximum atomic E-state index is 11.7. The van der Waals surface area contributed by atoms with Crippen LogP contribution in [0.4, 0.5) is 5.69 Å². The molecule has 0 bridgehead atoms. The first kappa shape index (κ1) is 18.1. The van der Waals surface area contributed by atoms with Crippen molar-refractivity contribution >= 4 is 39.6 Å². The first-order valence-electron chi connectivity index (χ1n) is 9.70. The number of aryl methyl sites for hydroxylation is 1. The monoisotopic (exact) mass is 405 g/mol. The first-order chi connectivity index (χ1) is 14.0. The van der Waals surface area contributed by atoms with E-state index in [0.29, 0.717) is 11.6 Å². The van der Waals surface area contributed by atoms with Crippen LogP contribution in [0, 0.1) is 6.92 Å². The van der Waals surface area contributed by atoms with Gasteiger partial charge in [0.2, 0.25) is 0 Å². The molecule has 4 nitrogen and oxygen atoms in total. The molecule has 0 atom stereocenters. The molecule has 2 aliphatic rings. The number of aliphatic carboxylic acids is 1. The van der Waals surface area contributed by atoms with E-state index in [1.165, 1.54) is 5.57 Å². The highest BCUT2D eigenvalue weighted by molar-refractivity contribution is 6.31. The molecule has 0 radical (unpaired) electrons. The second-order valence-corrected chi connectivity index (χ2v) is 7.99. The molecule has 0 spiro atoms. The van der Waals surface area contributed by atoms with Gasteiger partial charge in [0.25, 0.3) is 0 Å². The molecule has 5 rings (SSSR count). The number of carboxylic acids is 1. The third kappa shape index (κ3) is 2.95. The van der Waals surface area contributed by atoms with Gasteiger partial charge in [0.1, 0.15) is 5.75 Å². The van der Waals surface area contributed by atoms with E-state index < -0.39 is 5.97 Å². The van der Waals surface area contributed by atoms with Gasteiger partial charge in [0.15, 0.2) is 0 Å². The van der Waals surface area contributed by atoms with Crippen LogP contribution in [0.2, 0.25) is 5.02 Å². The van der Waals surface area contributed by atoms with Crippen molar-refractivity contribution in [2.24, 2.45) is 0 Å². The van der Waals surface area contributed by atoms with Gasteiger partial charge < -0.3 is 15.2 Å². The van der Waals surface area contributed by atoms with Crippen molar-refractivity contribution in [1.29, 1.82) is 0 Å². The quantitative estimate of drug-likeness (QED) is 0.588. The van der Waals surface area contributed by atoms with E-state index in [9.17, 15) is 9.90 Å². The average molecular weight is 406 g/mol. The van der Waals surface area contributed by atoms with E-state index in [4.69, 9.17) is 16.3 Å². The highest BCUT2D eigenvalue weighted by Crippen LogP contribution is 2.48. The third-order valence-electron chi connectivity index (χ3n) is 5.78. The molecule has 3 aromatic carbocycles. The van der Waals surface area contributed by atoms with Crippen LogP contribution in [0.15, 0.2) is 42.5 Å². The molecule has 0 saturated carbocycles. The van der Waals surface area contributed by atoms with Crippen molar-refractivity contribution in [3.63, 3.8) is 0 Å². The molecule has 146 valence electrons. The van der Waals surface area contributed by atoms with Crippen LogP contribution in [0.1, 0.15) is 23.1 Å². The van der Waals surface area contributed by atoms with Gasteiger partial charge in [-0.2, -0.15) is 0 Å². The Hall–Kier alpha value is -2.98. The van der Waals surface area contributed by atoms with Gasteiger partial charge in [0.05, 0.1) is 18.7 Å². The van der Waals surface area contributed by atoms with Crippen LogP contribution in [0.5, 0.6) is 5.75 Å². The van der Waals surface area contributed by atoms with E-state index >= 15 is 0 Å². The molecule has 29 heavy (non-hydrogen) atoms. The zero-order valence-electron chi connectivity index (χ0n) is 16.0. The van der Waals surface area contributed by atoms with Gasteiger partial charge in [-0.05, 0) is 64.2 Å². The van der Waals surface area contributed by atoms with E-state index in [-0.39, 0.29) is 6.42 Å². The average Bonchev–Trinajstić information content (AvgIpc) is 2.70. The second kappa shape index (κ2) is 6.82. The zero-order chi connectivity index (χ0) is 20.1. The van der Waals surface area contributed by atoms with Gasteiger partial charge >= 0.3 is 5.97 Å². The number of halogens is 1. The maximum Gasteiger partial charge on any atom is 0.307 e. The van der Waals surface area contributed by atoms with E-state index in [2.05, 4.69) is 11.4 Å². The van der Waals surface area contributed by atoms with Crippen molar-refractivity contribution in [1.82, 2.24) is 0 Å². The first-order valence-corrected chi connectivity index (χ1v) is 10.1. The van der Waals surface area contributed by atoms with Crippen molar-refractivity contribution in [2.45, 2.75) is 19.8 Å². The van der Waals surface area contributed by atoms with Crippen LogP contribution < -0.4 is 10.1 Å². The lowest BCUT2D eigenvalue weighted by atomic mass is 9.84. The largest absolute Gasteiger partial charge is 0.493 e. The Morgan fingerprint density at radius 1 is 1.21 bits per heavy atom. The standard InChI is InChI=1S/C24H20ClNO3/c1-13-10-15-2-3-16(25)11-19(15)23(18(13)12-21(27)28)17-4-5-20-22-14(7-9-29-20)6-8-26-24(17)22/h2-6,10-11,26H,7-9,12H2,1H3,(H,27,28). The summed E-state index contributed by atoms with van der Waals surface area (Å²) in [5, 5.41) is 15.7. The van der Waals surface area contributed by atoms with Crippen molar-refractivity contribution in [3.8, 4) is 16.9 Å². The summed E-state index contributed by atoms with van der Waals surface area (Å²) in [6.07, 6.45) is 3.05. The fourth-order valence-corrected chi connectivity index (χ4v) is 4.70. The minimum Gasteiger partial charge on any atom is -0.493 e. The Kier molecular flexibility index (Phi) is 4.25. The number of fused-ring (bicyclic) bond motifs is 1. The smallest absolute Gasteiger partial charge is 0.307 e. The van der Waals surface area contributed by atoms with Gasteiger partial charge in [-0.25, -0.2) is 0 Å². The lowest BCUT2D eigenvalue weighted by Gasteiger charge is -2.29. The summed E-state index contributed by atoms with van der Waals surface area (Å²) < 4.78 is 5.89. The Morgan fingerprint density at radius 3 is 2.90 bits per heavy atom. The number of carboxylic acid groups (broad SMARTS) is 1. The fourth-order valence-electron chi connectivity index (χ4n) is 4.53. The molecule has 0 fully saturated rings. The summed E-state index contributed by atoms with van der Waals surface area (Å²) in [5.74, 6) is 0.0300. The Balaban J connectivity index is 1.88. The number of hydrogen-bond donors (Lipinski definition) is 2. The second-order valence-electron chi connectivity index (χ2n) is 7.55. The molecular weight excluding hydrogens is 386 g/mol. The molecule has 2 N–H and O–H groups in total. The highest BCUT2D eigenvalue weighted by Gasteiger charge is 2.26. The molecule has 2 heterocycles. The lowest BCUT2D eigenvalue weighted by Crippen LogP contribution is -2.17. The van der Waals surface area contributed by atoms with Gasteiger partial charge in [-0.1, -0.05) is 29.8 Å². The van der Waals surface area contributed by atoms with Gasteiger partial charge in [-0.15, -0.1) is 0 Å². The van der Waals surface area contributed by atoms with E-state index in [1.807, 2.05) is 43.3 Å². The predicted molar refractivity (Wildman–Crippen MR) is 117 cm³/mol. The third-order valence-corrected chi connectivity index (χ3v) is 6.01. The van der Waals surface area contributed by atoms with E-state index in [0.717, 1.165) is 63.0 Å². The summed E-state index contributed by atoms with van der Waals surface area (Å²) in [7, 11) is 0. The normalized spacial score (nSPS) is 14.6. The van der Waals surface area contributed by atoms with Crippen molar-refractivity contribution in [2.75, 3.05) is 18.5 Å². The highest BCUT2D eigenvalue weighted by atomic mass is 35.5. The summed E-state index contributed by atoms with van der Waals surface area (Å²) in [6.45, 7) is 3.41. The van der Waals surface area contributed by atoms with Gasteiger partial charge in [-0.3, -0.25) is 4.79 Å². The number of hydrogen-bond acceptors (Lipinski definition) is 3. The van der Waals surface area contributed by atoms with Crippen LogP contribution >= 0.6 is 11.6 Å². The maximum absolute atomic E-state index is 11.7. The predicted octanol–water partition coefficient (Wildman–Crippen LogP) is 5.69. The fraction of sp³-hybridized carbons (Fsp3) is 0.208. The minimum atomic E-state index is -0.848. The topological polar surface area (TPSA) is 58.6 Å². The van der Waals surface area contributed by atoms with Crippen molar-refractivity contribution < 1.29 is 14.6 Å². The van der Waals surface area contributed by atoms with Crippen LogP contribution in [-0.4, -0.2) is 24.2 Å². The summed E-state index contributed by atoms with van der Waals surface area (Å²) in [6, 6.07) is 11.9. The number of benzene rings is 3. The number of rotatable bonds is 3. The number of anilines is 1. The Morgan fingerprint density at radius 2 is 2.07 bits per heavy atom. The van der Waals surface area contributed by atoms with Gasteiger partial charge in [0, 0.05) is 29.1 Å². The number of carbonyl (C=O) groups is 1. The van der Waals surface area contributed by atoms with Crippen LogP contribution in [0.3, 0.4) is 0 Å². The summed E-state index contributed by atoms with van der Waals surface area (Å²) in [5.41, 5.74) is 7.10. The zero-order valence-corrected chi connectivity index (χ0v) is 16.8. The van der Waals surface area contributed by atoms with Crippen LogP contribution in [0.25, 0.3) is 27.5 Å². The number of ether oxygens (including phenoxy) is 1. The molecule has 0 aromatic heterocycles. The Labute approximate surface area is 173 Å². The summed E-state index contributed by atoms with van der Waals surface area (Å²) in [4.78, 5) is 11.7. The lowest BCUT2D eigenvalue weighted by molar-refractivity contribution is -0.136. The molecule has 5 heteroatoms. The SMILES string of the molecule is Cc1cc2ccc(Cl)cc2c(-c2ccc3c4c2NCC=C4CCO3)c1CC(=O)O. The molecular formula is C24H20ClNO3. The van der Waals surface area contributed by atoms with E-state index in [1.54, 1.807) is 0 Å². The molecule has 0 saturated heterocycles.